The molecular weight excluding hydrogens is 250 g/mol. The van der Waals surface area contributed by atoms with Crippen molar-refractivity contribution in [2.24, 2.45) is 0 Å². The van der Waals surface area contributed by atoms with Gasteiger partial charge in [0.2, 0.25) is 0 Å². The summed E-state index contributed by atoms with van der Waals surface area (Å²) >= 11 is 5.99. The van der Waals surface area contributed by atoms with E-state index in [2.05, 4.69) is 0 Å². The Kier molecular flexibility index (Phi) is 5.02. The molecule has 18 heavy (non-hydrogen) atoms. The van der Waals surface area contributed by atoms with Crippen molar-refractivity contribution in [3.05, 3.63) is 28.8 Å². The molecular formula is C14H22ClNO2. The smallest absolute Gasteiger partial charge is 0.122 e. The van der Waals surface area contributed by atoms with Gasteiger partial charge in [0.05, 0.1) is 13.2 Å². The van der Waals surface area contributed by atoms with Crippen molar-refractivity contribution in [3.63, 3.8) is 0 Å². The van der Waals surface area contributed by atoms with Crippen LogP contribution in [0, 0.1) is 0 Å². The van der Waals surface area contributed by atoms with E-state index in [4.69, 9.17) is 16.3 Å². The molecule has 0 amide bonds. The summed E-state index contributed by atoms with van der Waals surface area (Å²) in [6.07, 6.45) is 0.00872. The molecule has 0 spiro atoms. The molecule has 1 aromatic rings. The quantitative estimate of drug-likeness (QED) is 0.894. The highest BCUT2D eigenvalue weighted by Gasteiger charge is 2.30. The normalized spacial score (nSPS) is 13.8. The van der Waals surface area contributed by atoms with E-state index in [0.29, 0.717) is 11.4 Å². The molecule has 1 N–H and O–H groups in total. The maximum atomic E-state index is 10.4. The molecule has 0 bridgehead atoms. The lowest BCUT2D eigenvalue weighted by Crippen LogP contribution is -2.49. The first kappa shape index (κ1) is 15.3. The number of hydrogen-bond acceptors (Lipinski definition) is 3. The lowest BCUT2D eigenvalue weighted by molar-refractivity contribution is 0.0179. The van der Waals surface area contributed by atoms with Gasteiger partial charge in [-0.1, -0.05) is 11.6 Å². The molecule has 0 aliphatic rings. The highest BCUT2D eigenvalue weighted by atomic mass is 35.5. The minimum Gasteiger partial charge on any atom is -0.496 e. The van der Waals surface area contributed by atoms with Crippen molar-refractivity contribution < 1.29 is 9.84 Å². The first-order chi connectivity index (χ1) is 8.28. The van der Waals surface area contributed by atoms with E-state index in [1.807, 2.05) is 45.0 Å². The van der Waals surface area contributed by atoms with Crippen molar-refractivity contribution in [1.29, 1.82) is 0 Å². The second-order valence-corrected chi connectivity index (χ2v) is 5.66. The molecule has 3 nitrogen and oxygen atoms in total. The van der Waals surface area contributed by atoms with Gasteiger partial charge in [0.15, 0.2) is 0 Å². The van der Waals surface area contributed by atoms with E-state index >= 15 is 0 Å². The zero-order valence-corrected chi connectivity index (χ0v) is 12.5. The number of aliphatic hydroxyl groups excluding tert-OH is 1. The Bertz CT molecular complexity index is 405. The van der Waals surface area contributed by atoms with Gasteiger partial charge in [-0.15, -0.1) is 0 Å². The number of methoxy groups -OCH3 is 1. The Morgan fingerprint density at radius 1 is 1.39 bits per heavy atom. The van der Waals surface area contributed by atoms with Gasteiger partial charge in [0.25, 0.3) is 0 Å². The number of halogens is 1. The lowest BCUT2D eigenvalue weighted by atomic mass is 9.90. The van der Waals surface area contributed by atoms with Crippen LogP contribution in [0.2, 0.25) is 5.02 Å². The van der Waals surface area contributed by atoms with Crippen LogP contribution in [0.25, 0.3) is 0 Å². The van der Waals surface area contributed by atoms with Gasteiger partial charge in [-0.3, -0.25) is 0 Å². The summed E-state index contributed by atoms with van der Waals surface area (Å²) in [6, 6.07) is 5.45. The van der Waals surface area contributed by atoms with Gasteiger partial charge in [-0.25, -0.2) is 0 Å². The van der Waals surface area contributed by atoms with Crippen molar-refractivity contribution in [2.75, 3.05) is 21.2 Å². The number of rotatable bonds is 5. The van der Waals surface area contributed by atoms with E-state index in [-0.39, 0.29) is 5.54 Å². The van der Waals surface area contributed by atoms with Gasteiger partial charge in [0.1, 0.15) is 5.75 Å². The Morgan fingerprint density at radius 2 is 2.00 bits per heavy atom. The predicted molar refractivity (Wildman–Crippen MR) is 75.5 cm³/mol. The Labute approximate surface area is 114 Å². The van der Waals surface area contributed by atoms with Crippen LogP contribution >= 0.6 is 11.6 Å². The minimum atomic E-state index is -0.500. The molecule has 1 aromatic carbocycles. The van der Waals surface area contributed by atoms with Crippen LogP contribution < -0.4 is 4.74 Å². The second kappa shape index (κ2) is 5.91. The number of likely N-dealkylation sites (N-methyl/N-ethyl adjacent to an activating group) is 1. The minimum absolute atomic E-state index is 0.312. The fourth-order valence-corrected chi connectivity index (χ4v) is 1.86. The Hall–Kier alpha value is -0.770. The molecule has 0 aliphatic heterocycles. The molecule has 0 fully saturated rings. The number of aliphatic hydroxyl groups is 1. The van der Waals surface area contributed by atoms with Gasteiger partial charge >= 0.3 is 0 Å². The summed E-state index contributed by atoms with van der Waals surface area (Å²) in [5.41, 5.74) is 0.611. The van der Waals surface area contributed by atoms with E-state index in [1.54, 1.807) is 13.2 Å². The molecule has 0 saturated heterocycles. The largest absolute Gasteiger partial charge is 0.496 e. The van der Waals surface area contributed by atoms with Gasteiger partial charge in [-0.2, -0.15) is 0 Å². The highest BCUT2D eigenvalue weighted by Crippen LogP contribution is 2.27. The summed E-state index contributed by atoms with van der Waals surface area (Å²) < 4.78 is 5.29. The zero-order chi connectivity index (χ0) is 13.9. The van der Waals surface area contributed by atoms with E-state index in [9.17, 15) is 5.11 Å². The van der Waals surface area contributed by atoms with Crippen LogP contribution in [0.4, 0.5) is 0 Å². The maximum Gasteiger partial charge on any atom is 0.122 e. The topological polar surface area (TPSA) is 32.7 Å². The van der Waals surface area contributed by atoms with Crippen LogP contribution in [-0.2, 0) is 6.42 Å². The van der Waals surface area contributed by atoms with Crippen LogP contribution in [0.15, 0.2) is 18.2 Å². The first-order valence-electron chi connectivity index (χ1n) is 5.97. The van der Waals surface area contributed by atoms with Crippen LogP contribution in [0.3, 0.4) is 0 Å². The molecule has 0 heterocycles. The third-order valence-electron chi connectivity index (χ3n) is 3.62. The van der Waals surface area contributed by atoms with E-state index in [1.165, 1.54) is 0 Å². The average molecular weight is 272 g/mol. The molecule has 4 heteroatoms. The third kappa shape index (κ3) is 3.37. The molecule has 1 atom stereocenters. The molecule has 1 rings (SSSR count). The molecule has 1 unspecified atom stereocenters. The van der Waals surface area contributed by atoms with E-state index < -0.39 is 6.10 Å². The predicted octanol–water partition coefficient (Wildman–Crippen LogP) is 2.59. The lowest BCUT2D eigenvalue weighted by Gasteiger charge is -2.37. The molecule has 102 valence electrons. The molecule has 0 aromatic heterocycles. The number of hydrogen-bond donors (Lipinski definition) is 1. The fraction of sp³-hybridized carbons (Fsp3) is 0.571. The maximum absolute atomic E-state index is 10.4. The number of ether oxygens (including phenoxy) is 1. The monoisotopic (exact) mass is 271 g/mol. The molecule has 0 saturated carbocycles. The summed E-state index contributed by atoms with van der Waals surface area (Å²) in [5.74, 6) is 0.757. The summed E-state index contributed by atoms with van der Waals surface area (Å²) in [5, 5.41) is 11.0. The van der Waals surface area contributed by atoms with Crippen LogP contribution in [0.1, 0.15) is 19.4 Å². The van der Waals surface area contributed by atoms with Crippen LogP contribution in [0.5, 0.6) is 5.75 Å². The summed E-state index contributed by atoms with van der Waals surface area (Å²) in [6.45, 7) is 4.02. The van der Waals surface area contributed by atoms with Crippen LogP contribution in [-0.4, -0.2) is 42.9 Å². The third-order valence-corrected chi connectivity index (χ3v) is 3.86. The first-order valence-corrected chi connectivity index (χ1v) is 6.34. The Balaban J connectivity index is 2.94. The number of benzene rings is 1. The zero-order valence-electron chi connectivity index (χ0n) is 11.7. The SMILES string of the molecule is COc1ccc(Cl)cc1CC(O)C(C)(C)N(C)C. The van der Waals surface area contributed by atoms with Crippen molar-refractivity contribution >= 4 is 11.6 Å². The second-order valence-electron chi connectivity index (χ2n) is 5.22. The van der Waals surface area contributed by atoms with Crippen molar-refractivity contribution in [3.8, 4) is 5.75 Å². The standard InChI is InChI=1S/C14H22ClNO2/c1-14(2,16(3)4)13(17)9-10-8-11(15)6-7-12(10)18-5/h6-8,13,17H,9H2,1-5H3. The fourth-order valence-electron chi connectivity index (χ4n) is 1.66. The molecule has 0 radical (unpaired) electrons. The van der Waals surface area contributed by atoms with E-state index in [0.717, 1.165) is 11.3 Å². The summed E-state index contributed by atoms with van der Waals surface area (Å²) in [7, 11) is 5.53. The highest BCUT2D eigenvalue weighted by molar-refractivity contribution is 6.30. The van der Waals surface area contributed by atoms with Crippen molar-refractivity contribution in [1.82, 2.24) is 4.90 Å². The molecule has 0 aliphatic carbocycles. The van der Waals surface area contributed by atoms with Crippen molar-refractivity contribution in [2.45, 2.75) is 31.9 Å². The average Bonchev–Trinajstić information content (AvgIpc) is 2.29. The number of nitrogens with zero attached hydrogens (tertiary/aromatic N) is 1. The van der Waals surface area contributed by atoms with Gasteiger partial charge < -0.3 is 14.7 Å². The van der Waals surface area contributed by atoms with Gasteiger partial charge in [-0.05, 0) is 51.7 Å². The Morgan fingerprint density at radius 3 is 2.50 bits per heavy atom. The van der Waals surface area contributed by atoms with Gasteiger partial charge in [0, 0.05) is 17.0 Å². The summed E-state index contributed by atoms with van der Waals surface area (Å²) in [4.78, 5) is 2.01.